The molecule has 5 rings (SSSR count). The van der Waals surface area contributed by atoms with E-state index in [9.17, 15) is 10.1 Å². The number of aromatic nitrogens is 5. The van der Waals surface area contributed by atoms with Crippen molar-refractivity contribution in [2.24, 2.45) is 7.05 Å². The molecule has 0 amide bonds. The van der Waals surface area contributed by atoms with Crippen LogP contribution in [0.25, 0.3) is 22.3 Å². The second-order valence-corrected chi connectivity index (χ2v) is 17.7. The molecule has 4 aromatic rings. The molecule has 0 aliphatic carbocycles. The third-order valence-electron chi connectivity index (χ3n) is 7.50. The summed E-state index contributed by atoms with van der Waals surface area (Å²) in [6, 6.07) is 6.58. The van der Waals surface area contributed by atoms with E-state index in [1.165, 1.54) is 6.07 Å². The zero-order valence-electron chi connectivity index (χ0n) is 25.3. The molecule has 0 saturated carbocycles. The lowest BCUT2D eigenvalue weighted by Gasteiger charge is -2.44. The summed E-state index contributed by atoms with van der Waals surface area (Å²) in [5.41, 5.74) is 3.11. The predicted octanol–water partition coefficient (Wildman–Crippen LogP) is 4.55. The fraction of sp³-hybridized carbons (Fsp3) is 0.464. The maximum Gasteiger partial charge on any atom is 0.294 e. The Kier molecular flexibility index (Phi) is 8.21. The number of fused-ring (bicyclic) bond motifs is 1. The van der Waals surface area contributed by atoms with E-state index in [-0.39, 0.29) is 16.6 Å². The van der Waals surface area contributed by atoms with E-state index in [0.717, 1.165) is 17.0 Å². The minimum Gasteiger partial charge on any atom is -0.494 e. The molecule has 0 radical (unpaired) electrons. The molecule has 3 aromatic heterocycles. The Hall–Kier alpha value is -4.01. The average Bonchev–Trinajstić information content (AvgIpc) is 3.51. The topological polar surface area (TPSA) is 129 Å². The van der Waals surface area contributed by atoms with Crippen LogP contribution < -0.4 is 15.0 Å². The molecule has 1 fully saturated rings. The normalized spacial score (nSPS) is 14.0. The molecule has 1 aromatic carbocycles. The number of nitro groups is 1. The molecular formula is C28H39N9O4Si. The number of rotatable bonds is 12. The molecule has 0 bridgehead atoms. The summed E-state index contributed by atoms with van der Waals surface area (Å²) in [4.78, 5) is 25.5. The van der Waals surface area contributed by atoms with Crippen molar-refractivity contribution in [2.45, 2.75) is 38.5 Å². The first-order valence-electron chi connectivity index (χ1n) is 13.9. The fourth-order valence-corrected chi connectivity index (χ4v) is 5.61. The zero-order chi connectivity index (χ0) is 30.2. The summed E-state index contributed by atoms with van der Waals surface area (Å²) in [6.45, 7) is 9.40. The number of hydrogen-bond acceptors (Lipinski definition) is 10. The molecule has 42 heavy (non-hydrogen) atoms. The summed E-state index contributed by atoms with van der Waals surface area (Å²) in [6.07, 6.45) is 5.58. The number of nitrogens with zero attached hydrogens (tertiary/aromatic N) is 8. The molecule has 0 spiro atoms. The number of nitrogens with one attached hydrogen (secondary N) is 1. The third-order valence-corrected chi connectivity index (χ3v) is 9.20. The van der Waals surface area contributed by atoms with Crippen molar-refractivity contribution >= 4 is 42.1 Å². The van der Waals surface area contributed by atoms with Crippen LogP contribution in [0.5, 0.6) is 5.75 Å². The molecular weight excluding hydrogens is 554 g/mol. The lowest BCUT2D eigenvalue weighted by Crippen LogP contribution is -2.57. The predicted molar refractivity (Wildman–Crippen MR) is 166 cm³/mol. The fourth-order valence-electron chi connectivity index (χ4n) is 4.85. The van der Waals surface area contributed by atoms with Gasteiger partial charge in [0.25, 0.3) is 5.69 Å². The highest BCUT2D eigenvalue weighted by Crippen LogP contribution is 2.41. The van der Waals surface area contributed by atoms with Crippen molar-refractivity contribution in [3.63, 3.8) is 0 Å². The van der Waals surface area contributed by atoms with Crippen LogP contribution in [0, 0.1) is 10.1 Å². The molecule has 0 atom stereocenters. The van der Waals surface area contributed by atoms with Crippen LogP contribution in [0.1, 0.15) is 0 Å². The summed E-state index contributed by atoms with van der Waals surface area (Å²) >= 11 is 0. The van der Waals surface area contributed by atoms with Crippen LogP contribution in [-0.4, -0.2) is 89.2 Å². The van der Waals surface area contributed by atoms with E-state index in [4.69, 9.17) is 19.4 Å². The Bertz CT molecular complexity index is 1590. The number of anilines is 3. The van der Waals surface area contributed by atoms with Gasteiger partial charge >= 0.3 is 0 Å². The minimum absolute atomic E-state index is 0.0109. The molecule has 13 nitrogen and oxygen atoms in total. The first-order chi connectivity index (χ1) is 19.9. The van der Waals surface area contributed by atoms with Crippen LogP contribution >= 0.6 is 0 Å². The standard InChI is InChI=1S/C28H39N9O4Si/c1-33(2)20-16-36(17-20)23-13-25(40-4)22(12-24(23)37(38)39)30-28-31-26(19-14-29-34(3)15-19)21-8-9-35(27(21)32-28)18-41-10-11-42(5,6)7/h8-9,12-15,20H,10-11,16-18H2,1-7H3,(H,30,31,32). The second-order valence-electron chi connectivity index (χ2n) is 12.1. The Morgan fingerprint density at radius 1 is 1.21 bits per heavy atom. The molecule has 1 N–H and O–H groups in total. The number of methoxy groups -OCH3 is 1. The van der Waals surface area contributed by atoms with Gasteiger partial charge in [0.1, 0.15) is 23.8 Å². The van der Waals surface area contributed by atoms with Gasteiger partial charge in [0.2, 0.25) is 5.95 Å². The average molecular weight is 594 g/mol. The molecule has 1 saturated heterocycles. The van der Waals surface area contributed by atoms with Crippen molar-refractivity contribution < 1.29 is 14.4 Å². The SMILES string of the molecule is COc1cc(N2CC(N(C)C)C2)c([N+](=O)[O-])cc1Nc1nc(-c2cnn(C)c2)c2ccn(COCC[Si](C)(C)C)c2n1. The molecule has 4 heterocycles. The maximum atomic E-state index is 12.1. The summed E-state index contributed by atoms with van der Waals surface area (Å²) in [5.74, 6) is 0.737. The van der Waals surface area contributed by atoms with E-state index in [1.54, 1.807) is 24.1 Å². The van der Waals surface area contributed by atoms with Crippen molar-refractivity contribution in [2.75, 3.05) is 51.1 Å². The summed E-state index contributed by atoms with van der Waals surface area (Å²) in [7, 11) is 6.20. The largest absolute Gasteiger partial charge is 0.494 e. The van der Waals surface area contributed by atoms with E-state index in [1.807, 2.05) is 49.1 Å². The Morgan fingerprint density at radius 3 is 2.60 bits per heavy atom. The quantitative estimate of drug-likeness (QED) is 0.108. The number of benzene rings is 1. The lowest BCUT2D eigenvalue weighted by molar-refractivity contribution is -0.384. The highest BCUT2D eigenvalue weighted by molar-refractivity contribution is 6.76. The van der Waals surface area contributed by atoms with Gasteiger partial charge in [-0.25, -0.2) is 4.98 Å². The maximum absolute atomic E-state index is 12.1. The number of aryl methyl sites for hydroxylation is 1. The number of nitro benzene ring substituents is 1. The van der Waals surface area contributed by atoms with Gasteiger partial charge in [0, 0.05) is 76.3 Å². The number of likely N-dealkylation sites (N-methyl/N-ethyl adjacent to an activating group) is 1. The van der Waals surface area contributed by atoms with Crippen LogP contribution in [0.4, 0.5) is 23.0 Å². The van der Waals surface area contributed by atoms with Gasteiger partial charge in [-0.3, -0.25) is 14.8 Å². The summed E-state index contributed by atoms with van der Waals surface area (Å²) < 4.78 is 15.4. The highest BCUT2D eigenvalue weighted by Gasteiger charge is 2.34. The molecule has 0 unspecified atom stereocenters. The molecule has 1 aliphatic rings. The van der Waals surface area contributed by atoms with Gasteiger partial charge in [-0.15, -0.1) is 0 Å². The van der Waals surface area contributed by atoms with Crippen molar-refractivity contribution in [1.29, 1.82) is 0 Å². The monoisotopic (exact) mass is 593 g/mol. The first-order valence-corrected chi connectivity index (χ1v) is 17.6. The molecule has 14 heteroatoms. The molecule has 224 valence electrons. The van der Waals surface area contributed by atoms with E-state index >= 15 is 0 Å². The lowest BCUT2D eigenvalue weighted by atomic mass is 10.1. The van der Waals surface area contributed by atoms with Gasteiger partial charge in [-0.2, -0.15) is 10.1 Å². The van der Waals surface area contributed by atoms with Crippen molar-refractivity contribution in [3.8, 4) is 17.0 Å². The highest BCUT2D eigenvalue weighted by atomic mass is 28.3. The Labute approximate surface area is 246 Å². The van der Waals surface area contributed by atoms with Gasteiger partial charge < -0.3 is 29.2 Å². The number of hydrogen-bond donors (Lipinski definition) is 1. The molecule has 1 aliphatic heterocycles. The summed E-state index contributed by atoms with van der Waals surface area (Å²) in [5, 5.41) is 20.5. The Balaban J connectivity index is 1.51. The first kappa shape index (κ1) is 29.5. The zero-order valence-corrected chi connectivity index (χ0v) is 26.3. The van der Waals surface area contributed by atoms with Crippen LogP contribution in [0.15, 0.2) is 36.8 Å². The number of ether oxygens (including phenoxy) is 2. The van der Waals surface area contributed by atoms with Crippen LogP contribution in [-0.2, 0) is 18.5 Å². The van der Waals surface area contributed by atoms with Gasteiger partial charge in [-0.05, 0) is 26.2 Å². The Morgan fingerprint density at radius 2 is 1.98 bits per heavy atom. The van der Waals surface area contributed by atoms with Crippen LogP contribution in [0.3, 0.4) is 0 Å². The minimum atomic E-state index is -1.22. The van der Waals surface area contributed by atoms with Crippen molar-refractivity contribution in [1.82, 2.24) is 29.2 Å². The van der Waals surface area contributed by atoms with E-state index < -0.39 is 8.07 Å². The van der Waals surface area contributed by atoms with E-state index in [2.05, 4.69) is 35.0 Å². The van der Waals surface area contributed by atoms with Crippen LogP contribution in [0.2, 0.25) is 25.7 Å². The second kappa shape index (κ2) is 11.7. The third kappa shape index (κ3) is 6.24. The van der Waals surface area contributed by atoms with Gasteiger partial charge in [0.05, 0.1) is 29.6 Å². The van der Waals surface area contributed by atoms with Crippen molar-refractivity contribution in [3.05, 3.63) is 46.9 Å². The smallest absolute Gasteiger partial charge is 0.294 e. The van der Waals surface area contributed by atoms with Gasteiger partial charge in [0.15, 0.2) is 0 Å². The van der Waals surface area contributed by atoms with Gasteiger partial charge in [-0.1, -0.05) is 19.6 Å². The van der Waals surface area contributed by atoms with E-state index in [0.29, 0.717) is 60.9 Å².